The zero-order valence-electron chi connectivity index (χ0n) is 24.4. The molecule has 3 amide bonds. The van der Waals surface area contributed by atoms with Gasteiger partial charge in [-0.25, -0.2) is 18.0 Å². The Kier molecular flexibility index (Phi) is 8.24. The number of likely N-dealkylation sites (tertiary alicyclic amines) is 2. The van der Waals surface area contributed by atoms with E-state index in [0.717, 1.165) is 5.56 Å². The molecule has 3 aliphatic rings. The van der Waals surface area contributed by atoms with Gasteiger partial charge in [-0.15, -0.1) is 0 Å². The Balaban J connectivity index is 1.35. The Labute approximate surface area is 247 Å². The molecule has 2 saturated heterocycles. The van der Waals surface area contributed by atoms with Crippen LogP contribution in [0.4, 0.5) is 9.59 Å². The SMILES string of the molecule is CC1C2CC(N3CCC(NC(=O)OCc4ccccc4)C3=O)C(S(=O)(=O)c3ccccc3)C2CN1C(=O)OC(C)(C)C. The molecule has 42 heavy (non-hydrogen) atoms. The first-order valence-electron chi connectivity index (χ1n) is 14.4. The number of ether oxygens (including phenoxy) is 2. The topological polar surface area (TPSA) is 122 Å². The Morgan fingerprint density at radius 1 is 1.00 bits per heavy atom. The summed E-state index contributed by atoms with van der Waals surface area (Å²) in [5, 5.41) is 1.76. The molecular weight excluding hydrogens is 558 g/mol. The van der Waals surface area contributed by atoms with Crippen LogP contribution in [0.1, 0.15) is 46.1 Å². The quantitative estimate of drug-likeness (QED) is 0.534. The molecule has 226 valence electrons. The van der Waals surface area contributed by atoms with E-state index in [0.29, 0.717) is 19.4 Å². The van der Waals surface area contributed by atoms with E-state index in [1.165, 1.54) is 0 Å². The first kappa shape index (κ1) is 29.9. The second kappa shape index (κ2) is 11.6. The first-order valence-corrected chi connectivity index (χ1v) is 16.0. The highest BCUT2D eigenvalue weighted by molar-refractivity contribution is 7.92. The van der Waals surface area contributed by atoms with E-state index >= 15 is 0 Å². The lowest BCUT2D eigenvalue weighted by Crippen LogP contribution is -2.51. The van der Waals surface area contributed by atoms with Crippen LogP contribution in [-0.2, 0) is 30.7 Å². The van der Waals surface area contributed by atoms with Crippen molar-refractivity contribution in [2.45, 2.75) is 81.0 Å². The van der Waals surface area contributed by atoms with E-state index in [-0.39, 0.29) is 41.8 Å². The van der Waals surface area contributed by atoms with E-state index in [1.54, 1.807) is 60.9 Å². The Hall–Kier alpha value is -3.60. The van der Waals surface area contributed by atoms with Gasteiger partial charge in [-0.1, -0.05) is 48.5 Å². The van der Waals surface area contributed by atoms with Crippen LogP contribution >= 0.6 is 0 Å². The normalized spacial score (nSPS) is 27.6. The van der Waals surface area contributed by atoms with Crippen molar-refractivity contribution in [2.24, 2.45) is 11.8 Å². The van der Waals surface area contributed by atoms with Crippen molar-refractivity contribution in [3.63, 3.8) is 0 Å². The zero-order chi connectivity index (χ0) is 30.2. The molecule has 0 spiro atoms. The summed E-state index contributed by atoms with van der Waals surface area (Å²) in [6.07, 6.45) is -0.383. The number of carbonyl (C=O) groups is 3. The molecule has 2 heterocycles. The minimum absolute atomic E-state index is 0.0761. The fourth-order valence-corrected chi connectivity index (χ4v) is 8.95. The van der Waals surface area contributed by atoms with Crippen molar-refractivity contribution >= 4 is 27.9 Å². The monoisotopic (exact) mass is 597 g/mol. The van der Waals surface area contributed by atoms with Crippen LogP contribution in [-0.4, -0.2) is 78.4 Å². The predicted octanol–water partition coefficient (Wildman–Crippen LogP) is 4.00. The average molecular weight is 598 g/mol. The Bertz CT molecular complexity index is 1410. The molecule has 5 rings (SSSR count). The number of rotatable bonds is 6. The van der Waals surface area contributed by atoms with E-state index in [2.05, 4.69) is 5.32 Å². The lowest BCUT2D eigenvalue weighted by atomic mass is 9.95. The molecule has 1 saturated carbocycles. The third-order valence-electron chi connectivity index (χ3n) is 8.59. The number of alkyl carbamates (subject to hydrolysis) is 1. The molecule has 11 heteroatoms. The van der Waals surface area contributed by atoms with Crippen LogP contribution in [0.5, 0.6) is 0 Å². The predicted molar refractivity (Wildman–Crippen MR) is 155 cm³/mol. The molecule has 6 unspecified atom stereocenters. The van der Waals surface area contributed by atoms with Gasteiger partial charge >= 0.3 is 12.2 Å². The van der Waals surface area contributed by atoms with Crippen LogP contribution in [0.15, 0.2) is 65.6 Å². The standard InChI is InChI=1S/C31H39N3O7S/c1-20-23-17-26(33-16-15-25(28(33)35)32-29(36)40-19-21-11-7-5-8-12-21)27(42(38,39)22-13-9-6-10-14-22)24(23)18-34(20)30(37)41-31(2,3)4/h5-14,20,23-27H,15-19H2,1-4H3,(H,32,36). The van der Waals surface area contributed by atoms with Crippen LogP contribution in [0.2, 0.25) is 0 Å². The number of benzene rings is 2. The van der Waals surface area contributed by atoms with E-state index < -0.39 is 45.0 Å². The number of carbonyl (C=O) groups excluding carboxylic acids is 3. The van der Waals surface area contributed by atoms with Crippen LogP contribution in [0.25, 0.3) is 0 Å². The molecule has 3 fully saturated rings. The van der Waals surface area contributed by atoms with Crippen molar-refractivity contribution in [3.8, 4) is 0 Å². The van der Waals surface area contributed by atoms with Crippen molar-refractivity contribution in [1.82, 2.24) is 15.1 Å². The van der Waals surface area contributed by atoms with Gasteiger partial charge in [0.2, 0.25) is 5.91 Å². The van der Waals surface area contributed by atoms with Gasteiger partial charge < -0.3 is 24.6 Å². The molecular formula is C31H39N3O7S. The molecule has 2 aromatic carbocycles. The lowest BCUT2D eigenvalue weighted by molar-refractivity contribution is -0.131. The van der Waals surface area contributed by atoms with Gasteiger partial charge in [0, 0.05) is 31.1 Å². The smallest absolute Gasteiger partial charge is 0.410 e. The number of hydrogen-bond acceptors (Lipinski definition) is 7. The molecule has 0 aromatic heterocycles. The third-order valence-corrected chi connectivity index (χ3v) is 10.9. The van der Waals surface area contributed by atoms with Gasteiger partial charge in [0.15, 0.2) is 9.84 Å². The minimum Gasteiger partial charge on any atom is -0.445 e. The molecule has 0 bridgehead atoms. The van der Waals surface area contributed by atoms with Crippen molar-refractivity contribution < 1.29 is 32.3 Å². The molecule has 1 N–H and O–H groups in total. The highest BCUT2D eigenvalue weighted by atomic mass is 32.2. The number of hydrogen-bond donors (Lipinski definition) is 1. The summed E-state index contributed by atoms with van der Waals surface area (Å²) in [5.41, 5.74) is 0.145. The summed E-state index contributed by atoms with van der Waals surface area (Å²) in [6.45, 7) is 7.93. The van der Waals surface area contributed by atoms with Gasteiger partial charge in [-0.3, -0.25) is 4.79 Å². The maximum atomic E-state index is 14.2. The summed E-state index contributed by atoms with van der Waals surface area (Å²) in [4.78, 5) is 42.6. The summed E-state index contributed by atoms with van der Waals surface area (Å²) in [5.74, 6) is -0.832. The highest BCUT2D eigenvalue weighted by Crippen LogP contribution is 2.49. The van der Waals surface area contributed by atoms with Crippen LogP contribution in [0, 0.1) is 11.8 Å². The highest BCUT2D eigenvalue weighted by Gasteiger charge is 2.60. The molecule has 6 atom stereocenters. The van der Waals surface area contributed by atoms with Crippen LogP contribution < -0.4 is 5.32 Å². The number of sulfone groups is 1. The van der Waals surface area contributed by atoms with Gasteiger partial charge in [-0.2, -0.15) is 0 Å². The Morgan fingerprint density at radius 2 is 1.64 bits per heavy atom. The fraction of sp³-hybridized carbons (Fsp3) is 0.516. The maximum Gasteiger partial charge on any atom is 0.410 e. The summed E-state index contributed by atoms with van der Waals surface area (Å²) < 4.78 is 39.3. The summed E-state index contributed by atoms with van der Waals surface area (Å²) >= 11 is 0. The second-order valence-electron chi connectivity index (χ2n) is 12.4. The fourth-order valence-electron chi connectivity index (χ4n) is 6.68. The van der Waals surface area contributed by atoms with Gasteiger partial charge in [0.25, 0.3) is 0 Å². The number of nitrogens with zero attached hydrogens (tertiary/aromatic N) is 2. The molecule has 10 nitrogen and oxygen atoms in total. The average Bonchev–Trinajstić information content (AvgIpc) is 3.60. The summed E-state index contributed by atoms with van der Waals surface area (Å²) in [7, 11) is -3.88. The largest absolute Gasteiger partial charge is 0.445 e. The molecule has 2 aromatic rings. The van der Waals surface area contributed by atoms with Gasteiger partial charge in [-0.05, 0) is 64.2 Å². The number of fused-ring (bicyclic) bond motifs is 1. The molecule has 0 radical (unpaired) electrons. The van der Waals surface area contributed by atoms with Crippen molar-refractivity contribution in [3.05, 3.63) is 66.2 Å². The van der Waals surface area contributed by atoms with Crippen LogP contribution in [0.3, 0.4) is 0 Å². The lowest BCUT2D eigenvalue weighted by Gasteiger charge is -2.34. The van der Waals surface area contributed by atoms with E-state index in [1.807, 2.05) is 37.3 Å². The maximum absolute atomic E-state index is 14.2. The third kappa shape index (κ3) is 5.97. The Morgan fingerprint density at radius 3 is 2.29 bits per heavy atom. The van der Waals surface area contributed by atoms with E-state index in [9.17, 15) is 22.8 Å². The molecule has 2 aliphatic heterocycles. The van der Waals surface area contributed by atoms with Gasteiger partial charge in [0.05, 0.1) is 10.1 Å². The van der Waals surface area contributed by atoms with Crippen molar-refractivity contribution in [1.29, 1.82) is 0 Å². The number of amides is 3. The number of nitrogens with one attached hydrogen (secondary N) is 1. The minimum atomic E-state index is -3.88. The van der Waals surface area contributed by atoms with E-state index in [4.69, 9.17) is 9.47 Å². The van der Waals surface area contributed by atoms with Crippen molar-refractivity contribution in [2.75, 3.05) is 13.1 Å². The van der Waals surface area contributed by atoms with Gasteiger partial charge in [0.1, 0.15) is 18.2 Å². The second-order valence-corrected chi connectivity index (χ2v) is 14.5. The first-order chi connectivity index (χ1) is 19.9. The zero-order valence-corrected chi connectivity index (χ0v) is 25.3. The summed E-state index contributed by atoms with van der Waals surface area (Å²) in [6, 6.07) is 15.8. The molecule has 1 aliphatic carbocycles.